The molecule has 0 saturated heterocycles. The van der Waals surface area contributed by atoms with Crippen LogP contribution in [0.2, 0.25) is 5.02 Å². The highest BCUT2D eigenvalue weighted by Crippen LogP contribution is 2.27. The van der Waals surface area contributed by atoms with E-state index in [1.54, 1.807) is 37.4 Å². The standard InChI is InChI=1S/C16H16ClF2NO/c1-20-14(10-6-7-13(18)12(17)8-10)9-11-4-3-5-15(21-2)16(11)19/h3-8,14,20H,9H2,1-2H3. The number of hydrogen-bond donors (Lipinski definition) is 1. The zero-order valence-electron chi connectivity index (χ0n) is 11.8. The van der Waals surface area contributed by atoms with Gasteiger partial charge < -0.3 is 10.1 Å². The lowest BCUT2D eigenvalue weighted by Gasteiger charge is -2.18. The third-order valence-electron chi connectivity index (χ3n) is 3.38. The number of benzene rings is 2. The molecule has 0 aromatic heterocycles. The van der Waals surface area contributed by atoms with Crippen LogP contribution in [0, 0.1) is 11.6 Å². The van der Waals surface area contributed by atoms with E-state index in [1.165, 1.54) is 13.2 Å². The van der Waals surface area contributed by atoms with Gasteiger partial charge in [0.05, 0.1) is 12.1 Å². The Kier molecular flexibility index (Phi) is 5.15. The summed E-state index contributed by atoms with van der Waals surface area (Å²) in [6.45, 7) is 0. The fourth-order valence-electron chi connectivity index (χ4n) is 2.21. The predicted octanol–water partition coefficient (Wildman–Crippen LogP) is 4.13. The van der Waals surface area contributed by atoms with Crippen LogP contribution in [0.4, 0.5) is 8.78 Å². The maximum atomic E-state index is 14.2. The van der Waals surface area contributed by atoms with Crippen LogP contribution in [-0.4, -0.2) is 14.2 Å². The third-order valence-corrected chi connectivity index (χ3v) is 3.67. The van der Waals surface area contributed by atoms with Crippen LogP contribution in [-0.2, 0) is 6.42 Å². The van der Waals surface area contributed by atoms with Crippen LogP contribution in [0.15, 0.2) is 36.4 Å². The van der Waals surface area contributed by atoms with Crippen molar-refractivity contribution in [1.82, 2.24) is 5.32 Å². The van der Waals surface area contributed by atoms with Crippen molar-refractivity contribution in [1.29, 1.82) is 0 Å². The van der Waals surface area contributed by atoms with Gasteiger partial charge in [-0.05, 0) is 42.8 Å². The quantitative estimate of drug-likeness (QED) is 0.896. The summed E-state index contributed by atoms with van der Waals surface area (Å²) in [5.41, 5.74) is 1.32. The summed E-state index contributed by atoms with van der Waals surface area (Å²) in [7, 11) is 3.19. The zero-order valence-corrected chi connectivity index (χ0v) is 12.5. The molecule has 2 nitrogen and oxygen atoms in total. The molecular weight excluding hydrogens is 296 g/mol. The van der Waals surface area contributed by atoms with Crippen molar-refractivity contribution >= 4 is 11.6 Å². The molecule has 1 N–H and O–H groups in total. The Labute approximate surface area is 127 Å². The van der Waals surface area contributed by atoms with Gasteiger partial charge in [-0.2, -0.15) is 0 Å². The average molecular weight is 312 g/mol. The van der Waals surface area contributed by atoms with Gasteiger partial charge in [0.15, 0.2) is 11.6 Å². The van der Waals surface area contributed by atoms with Crippen molar-refractivity contribution in [3.05, 3.63) is 64.2 Å². The second kappa shape index (κ2) is 6.87. The van der Waals surface area contributed by atoms with E-state index < -0.39 is 5.82 Å². The van der Waals surface area contributed by atoms with Crippen LogP contribution >= 0.6 is 11.6 Å². The molecule has 5 heteroatoms. The number of nitrogens with one attached hydrogen (secondary N) is 1. The van der Waals surface area contributed by atoms with Gasteiger partial charge in [0.25, 0.3) is 0 Å². The van der Waals surface area contributed by atoms with Crippen LogP contribution in [0.1, 0.15) is 17.2 Å². The lowest BCUT2D eigenvalue weighted by atomic mass is 9.98. The second-order valence-electron chi connectivity index (χ2n) is 4.65. The summed E-state index contributed by atoms with van der Waals surface area (Å²) in [4.78, 5) is 0. The molecule has 1 atom stereocenters. The van der Waals surface area contributed by atoms with Crippen molar-refractivity contribution in [3.63, 3.8) is 0 Å². The topological polar surface area (TPSA) is 21.3 Å². The summed E-state index contributed by atoms with van der Waals surface area (Å²) < 4.78 is 32.4. The molecule has 0 heterocycles. The Morgan fingerprint density at radius 1 is 1.24 bits per heavy atom. The van der Waals surface area contributed by atoms with Crippen LogP contribution in [0.25, 0.3) is 0 Å². The van der Waals surface area contributed by atoms with E-state index in [4.69, 9.17) is 16.3 Å². The Balaban J connectivity index is 2.29. The van der Waals surface area contributed by atoms with Crippen LogP contribution < -0.4 is 10.1 Å². The van der Waals surface area contributed by atoms with Gasteiger partial charge in [0.2, 0.25) is 0 Å². The minimum Gasteiger partial charge on any atom is -0.494 e. The molecule has 0 bridgehead atoms. The molecule has 2 aromatic rings. The number of rotatable bonds is 5. The lowest BCUT2D eigenvalue weighted by Crippen LogP contribution is -2.19. The monoisotopic (exact) mass is 311 g/mol. The average Bonchev–Trinajstić information content (AvgIpc) is 2.49. The molecule has 0 aliphatic heterocycles. The van der Waals surface area contributed by atoms with Crippen molar-refractivity contribution in [2.75, 3.05) is 14.2 Å². The van der Waals surface area contributed by atoms with E-state index in [2.05, 4.69) is 5.32 Å². The highest BCUT2D eigenvalue weighted by molar-refractivity contribution is 6.30. The van der Waals surface area contributed by atoms with Gasteiger partial charge in [-0.1, -0.05) is 29.8 Å². The maximum Gasteiger partial charge on any atom is 0.168 e. The molecule has 0 aliphatic rings. The van der Waals surface area contributed by atoms with E-state index in [9.17, 15) is 8.78 Å². The summed E-state index contributed by atoms with van der Waals surface area (Å²) in [6, 6.07) is 9.34. The predicted molar refractivity (Wildman–Crippen MR) is 79.9 cm³/mol. The largest absolute Gasteiger partial charge is 0.494 e. The molecule has 0 amide bonds. The first kappa shape index (κ1) is 15.7. The molecule has 21 heavy (non-hydrogen) atoms. The van der Waals surface area contributed by atoms with Crippen LogP contribution in [0.3, 0.4) is 0 Å². The lowest BCUT2D eigenvalue weighted by molar-refractivity contribution is 0.383. The Morgan fingerprint density at radius 2 is 2.00 bits per heavy atom. The summed E-state index contributed by atoms with van der Waals surface area (Å²) >= 11 is 5.80. The molecule has 0 fully saturated rings. The van der Waals surface area contributed by atoms with Gasteiger partial charge in [0, 0.05) is 6.04 Å². The summed E-state index contributed by atoms with van der Waals surface area (Å²) in [5.74, 6) is -0.643. The zero-order chi connectivity index (χ0) is 15.4. The fraction of sp³-hybridized carbons (Fsp3) is 0.250. The first-order chi connectivity index (χ1) is 10.1. The number of hydrogen-bond acceptors (Lipinski definition) is 2. The highest BCUT2D eigenvalue weighted by atomic mass is 35.5. The first-order valence-corrected chi connectivity index (χ1v) is 6.88. The first-order valence-electron chi connectivity index (χ1n) is 6.50. The van der Waals surface area contributed by atoms with Crippen LogP contribution in [0.5, 0.6) is 5.75 Å². The third kappa shape index (κ3) is 3.52. The molecule has 2 rings (SSSR count). The molecule has 0 aliphatic carbocycles. The molecule has 1 unspecified atom stereocenters. The smallest absolute Gasteiger partial charge is 0.168 e. The van der Waals surface area contributed by atoms with E-state index >= 15 is 0 Å². The van der Waals surface area contributed by atoms with E-state index in [1.807, 2.05) is 0 Å². The molecular formula is C16H16ClF2NO. The van der Waals surface area contributed by atoms with Gasteiger partial charge in [-0.3, -0.25) is 0 Å². The van der Waals surface area contributed by atoms with Crippen molar-refractivity contribution < 1.29 is 13.5 Å². The highest BCUT2D eigenvalue weighted by Gasteiger charge is 2.16. The minimum atomic E-state index is -0.470. The maximum absolute atomic E-state index is 14.2. The normalized spacial score (nSPS) is 12.2. The molecule has 0 saturated carbocycles. The van der Waals surface area contributed by atoms with Gasteiger partial charge in [-0.25, -0.2) is 8.78 Å². The second-order valence-corrected chi connectivity index (χ2v) is 5.06. The van der Waals surface area contributed by atoms with Gasteiger partial charge in [-0.15, -0.1) is 0 Å². The van der Waals surface area contributed by atoms with E-state index in [0.717, 1.165) is 5.56 Å². The number of likely N-dealkylation sites (N-methyl/N-ethyl adjacent to an activating group) is 1. The fourth-order valence-corrected chi connectivity index (χ4v) is 2.40. The number of ether oxygens (including phenoxy) is 1. The SMILES string of the molecule is CNC(Cc1cccc(OC)c1F)c1ccc(F)c(Cl)c1. The summed E-state index contributed by atoms with van der Waals surface area (Å²) in [6.07, 6.45) is 0.404. The van der Waals surface area contributed by atoms with Crippen molar-refractivity contribution in [2.24, 2.45) is 0 Å². The molecule has 2 aromatic carbocycles. The number of methoxy groups -OCH3 is 1. The molecule has 112 valence electrons. The number of halogens is 3. The Bertz CT molecular complexity index is 634. The van der Waals surface area contributed by atoms with Crippen molar-refractivity contribution in [3.8, 4) is 5.75 Å². The Hall–Kier alpha value is -1.65. The van der Waals surface area contributed by atoms with E-state index in [-0.39, 0.29) is 22.6 Å². The molecule has 0 radical (unpaired) electrons. The van der Waals surface area contributed by atoms with Crippen molar-refractivity contribution in [2.45, 2.75) is 12.5 Å². The van der Waals surface area contributed by atoms with Gasteiger partial charge in [0.1, 0.15) is 5.82 Å². The minimum absolute atomic E-state index is 0.0545. The summed E-state index contributed by atoms with van der Waals surface area (Å²) in [5, 5.41) is 3.14. The van der Waals surface area contributed by atoms with Gasteiger partial charge >= 0.3 is 0 Å². The molecule has 0 spiro atoms. The van der Waals surface area contributed by atoms with E-state index in [0.29, 0.717) is 12.0 Å². The Morgan fingerprint density at radius 3 is 2.62 bits per heavy atom.